The smallest absolute Gasteiger partial charge is 0.0484 e. The van der Waals surface area contributed by atoms with Gasteiger partial charge in [-0.15, -0.1) is 22.7 Å². The predicted octanol–water partition coefficient (Wildman–Crippen LogP) is 7.35. The van der Waals surface area contributed by atoms with Crippen LogP contribution in [-0.4, -0.2) is 0 Å². The van der Waals surface area contributed by atoms with E-state index in [1.165, 1.54) is 42.4 Å². The van der Waals surface area contributed by atoms with E-state index in [0.717, 1.165) is 6.42 Å². The molecule has 0 nitrogen and oxygen atoms in total. The zero-order chi connectivity index (χ0) is 17.2. The van der Waals surface area contributed by atoms with E-state index in [1.54, 1.807) is 0 Å². The molecule has 2 aromatic carbocycles. The summed E-state index contributed by atoms with van der Waals surface area (Å²) < 4.78 is 0. The third-order valence-electron chi connectivity index (χ3n) is 4.61. The third-order valence-corrected chi connectivity index (χ3v) is 6.87. The van der Waals surface area contributed by atoms with E-state index in [-0.39, 0.29) is 0 Å². The summed E-state index contributed by atoms with van der Waals surface area (Å²) in [6.07, 6.45) is 0.988. The molecule has 0 atom stereocenters. The van der Waals surface area contributed by atoms with Crippen LogP contribution in [0.1, 0.15) is 22.3 Å². The van der Waals surface area contributed by atoms with E-state index in [2.05, 4.69) is 86.0 Å². The highest BCUT2D eigenvalue weighted by Gasteiger charge is 2.15. The van der Waals surface area contributed by atoms with Gasteiger partial charge in [0.05, 0.1) is 0 Å². The van der Waals surface area contributed by atoms with Gasteiger partial charge in [0.15, 0.2) is 0 Å². The first-order chi connectivity index (χ1) is 12.2. The monoisotopic (exact) mass is 360 g/mol. The number of aryl methyl sites for hydroxylation is 2. The molecule has 25 heavy (non-hydrogen) atoms. The molecule has 0 unspecified atom stereocenters. The van der Waals surface area contributed by atoms with Crippen molar-refractivity contribution in [1.82, 2.24) is 0 Å². The molecule has 0 aliphatic heterocycles. The van der Waals surface area contributed by atoms with Gasteiger partial charge in [-0.25, -0.2) is 0 Å². The Hall–Kier alpha value is -2.16. The molecule has 0 radical (unpaired) electrons. The molecule has 0 saturated carbocycles. The molecule has 0 aliphatic carbocycles. The van der Waals surface area contributed by atoms with Crippen molar-refractivity contribution in [3.63, 3.8) is 0 Å². The Morgan fingerprint density at radius 3 is 2.20 bits per heavy atom. The van der Waals surface area contributed by atoms with Gasteiger partial charge in [0.1, 0.15) is 0 Å². The first-order valence-electron chi connectivity index (χ1n) is 8.49. The molecule has 0 aliphatic rings. The van der Waals surface area contributed by atoms with Crippen molar-refractivity contribution in [2.75, 3.05) is 0 Å². The average Bonchev–Trinajstić information content (AvgIpc) is 3.27. The van der Waals surface area contributed by atoms with Gasteiger partial charge in [0, 0.05) is 14.6 Å². The summed E-state index contributed by atoms with van der Waals surface area (Å²) in [6.45, 7) is 4.40. The minimum Gasteiger partial charge on any atom is -0.143 e. The van der Waals surface area contributed by atoms with Crippen molar-refractivity contribution in [2.24, 2.45) is 0 Å². The van der Waals surface area contributed by atoms with Crippen LogP contribution in [0.25, 0.3) is 20.2 Å². The zero-order valence-electron chi connectivity index (χ0n) is 14.5. The van der Waals surface area contributed by atoms with Crippen LogP contribution in [0.15, 0.2) is 72.1 Å². The summed E-state index contributed by atoms with van der Waals surface area (Å²) in [6, 6.07) is 24.2. The topological polar surface area (TPSA) is 0 Å². The van der Waals surface area contributed by atoms with Crippen molar-refractivity contribution in [1.29, 1.82) is 0 Å². The highest BCUT2D eigenvalue weighted by atomic mass is 32.1. The summed E-state index contributed by atoms with van der Waals surface area (Å²) in [5.74, 6) is 0. The zero-order valence-corrected chi connectivity index (χ0v) is 16.1. The maximum absolute atomic E-state index is 2.40. The van der Waals surface area contributed by atoms with Crippen molar-refractivity contribution >= 4 is 22.7 Å². The molecule has 0 amide bonds. The molecule has 2 aromatic heterocycles. The number of hydrogen-bond donors (Lipinski definition) is 0. The predicted molar refractivity (Wildman–Crippen MR) is 112 cm³/mol. The molecule has 4 aromatic rings. The van der Waals surface area contributed by atoms with Gasteiger partial charge in [-0.05, 0) is 65.6 Å². The number of thiophene rings is 2. The molecule has 2 heterocycles. The van der Waals surface area contributed by atoms with Gasteiger partial charge in [0.2, 0.25) is 0 Å². The van der Waals surface area contributed by atoms with E-state index >= 15 is 0 Å². The normalized spacial score (nSPS) is 11.0. The average molecular weight is 361 g/mol. The summed E-state index contributed by atoms with van der Waals surface area (Å²) in [7, 11) is 0. The summed E-state index contributed by atoms with van der Waals surface area (Å²) in [4.78, 5) is 4.15. The van der Waals surface area contributed by atoms with Crippen molar-refractivity contribution in [3.8, 4) is 20.2 Å². The Morgan fingerprint density at radius 2 is 1.48 bits per heavy atom. The fourth-order valence-electron chi connectivity index (χ4n) is 3.17. The first-order valence-corrected chi connectivity index (χ1v) is 10.2. The molecular weight excluding hydrogens is 340 g/mol. The Balaban J connectivity index is 1.82. The van der Waals surface area contributed by atoms with Crippen molar-refractivity contribution in [3.05, 3.63) is 94.4 Å². The standard InChI is InChI=1S/C23H20S2/c1-16-8-3-5-10-18(16)14-19-15-22(20-11-6-4-9-17(20)2)25-23(19)21-12-7-13-24-21/h3-13,15H,14H2,1-2H3. The summed E-state index contributed by atoms with van der Waals surface area (Å²) in [5.41, 5.74) is 6.89. The van der Waals surface area contributed by atoms with Gasteiger partial charge in [-0.1, -0.05) is 54.6 Å². The minimum atomic E-state index is 0.988. The van der Waals surface area contributed by atoms with Crippen LogP contribution in [0.3, 0.4) is 0 Å². The first kappa shape index (κ1) is 16.3. The van der Waals surface area contributed by atoms with Gasteiger partial charge >= 0.3 is 0 Å². The van der Waals surface area contributed by atoms with Gasteiger partial charge in [-0.2, -0.15) is 0 Å². The molecule has 0 spiro atoms. The highest BCUT2D eigenvalue weighted by Crippen LogP contribution is 2.41. The fourth-order valence-corrected chi connectivity index (χ4v) is 5.33. The molecule has 0 N–H and O–H groups in total. The van der Waals surface area contributed by atoms with E-state index in [0.29, 0.717) is 0 Å². The van der Waals surface area contributed by atoms with Crippen LogP contribution in [0, 0.1) is 13.8 Å². The molecule has 0 fully saturated rings. The largest absolute Gasteiger partial charge is 0.143 e. The molecular formula is C23H20S2. The third kappa shape index (κ3) is 3.33. The van der Waals surface area contributed by atoms with Crippen LogP contribution >= 0.6 is 22.7 Å². The Labute approximate surface area is 157 Å². The lowest BCUT2D eigenvalue weighted by Crippen LogP contribution is -1.91. The van der Waals surface area contributed by atoms with Crippen molar-refractivity contribution < 1.29 is 0 Å². The fraction of sp³-hybridized carbons (Fsp3) is 0.130. The van der Waals surface area contributed by atoms with Crippen molar-refractivity contribution in [2.45, 2.75) is 20.3 Å². The van der Waals surface area contributed by atoms with Crippen LogP contribution in [0.4, 0.5) is 0 Å². The van der Waals surface area contributed by atoms with Crippen LogP contribution in [0.2, 0.25) is 0 Å². The SMILES string of the molecule is Cc1ccccc1Cc1cc(-c2ccccc2C)sc1-c1cccs1. The Bertz CT molecular complexity index is 991. The van der Waals surface area contributed by atoms with Gasteiger partial charge < -0.3 is 0 Å². The van der Waals surface area contributed by atoms with E-state index in [9.17, 15) is 0 Å². The molecule has 124 valence electrons. The lowest BCUT2D eigenvalue weighted by Gasteiger charge is -2.06. The summed E-state index contributed by atoms with van der Waals surface area (Å²) in [5, 5.41) is 2.17. The van der Waals surface area contributed by atoms with Gasteiger partial charge in [-0.3, -0.25) is 0 Å². The molecule has 2 heteroatoms. The second-order valence-electron chi connectivity index (χ2n) is 6.36. The van der Waals surface area contributed by atoms with Crippen LogP contribution < -0.4 is 0 Å². The van der Waals surface area contributed by atoms with E-state index in [4.69, 9.17) is 0 Å². The lowest BCUT2D eigenvalue weighted by atomic mass is 9.99. The Kier molecular flexibility index (Phi) is 4.56. The quantitative estimate of drug-likeness (QED) is 0.357. The number of benzene rings is 2. The Morgan fingerprint density at radius 1 is 0.720 bits per heavy atom. The van der Waals surface area contributed by atoms with Crippen LogP contribution in [0.5, 0.6) is 0 Å². The second-order valence-corrected chi connectivity index (χ2v) is 8.36. The second kappa shape index (κ2) is 6.99. The van der Waals surface area contributed by atoms with Gasteiger partial charge in [0.25, 0.3) is 0 Å². The molecule has 4 rings (SSSR count). The van der Waals surface area contributed by atoms with E-state index < -0.39 is 0 Å². The number of hydrogen-bond acceptors (Lipinski definition) is 2. The summed E-state index contributed by atoms with van der Waals surface area (Å²) >= 11 is 3.75. The maximum Gasteiger partial charge on any atom is 0.0484 e. The van der Waals surface area contributed by atoms with E-state index in [1.807, 2.05) is 22.7 Å². The molecule has 0 saturated heterocycles. The highest BCUT2D eigenvalue weighted by molar-refractivity contribution is 7.23. The minimum absolute atomic E-state index is 0.988. The number of rotatable bonds is 4. The molecule has 0 bridgehead atoms. The van der Waals surface area contributed by atoms with Crippen LogP contribution in [-0.2, 0) is 6.42 Å². The lowest BCUT2D eigenvalue weighted by molar-refractivity contribution is 1.17. The maximum atomic E-state index is 2.40.